The molecule has 3 aromatic rings. The van der Waals surface area contributed by atoms with Crippen molar-refractivity contribution in [3.63, 3.8) is 0 Å². The molecule has 1 N–H and O–H groups in total. The number of hydrogen-bond acceptors (Lipinski definition) is 6. The topological polar surface area (TPSA) is 106 Å². The maximum Gasteiger partial charge on any atom is 0.270 e. The number of nitrogens with zero attached hydrogens (tertiary/aromatic N) is 2. The Morgan fingerprint density at radius 2 is 1.89 bits per heavy atom. The lowest BCUT2D eigenvalue weighted by molar-refractivity contribution is -0.384. The Balaban J connectivity index is 1.63. The molecule has 0 atom stereocenters. The van der Waals surface area contributed by atoms with Gasteiger partial charge in [0.1, 0.15) is 17.1 Å². The van der Waals surface area contributed by atoms with Crippen molar-refractivity contribution in [2.45, 2.75) is 26.2 Å². The molecule has 2 heterocycles. The van der Waals surface area contributed by atoms with Gasteiger partial charge < -0.3 is 4.42 Å². The lowest BCUT2D eigenvalue weighted by Crippen LogP contribution is -2.54. The van der Waals surface area contributed by atoms with Crippen molar-refractivity contribution in [3.8, 4) is 11.3 Å². The second kappa shape index (κ2) is 10.2. The van der Waals surface area contributed by atoms with E-state index in [1.807, 2.05) is 12.1 Å². The van der Waals surface area contributed by atoms with Crippen LogP contribution in [0, 0.1) is 10.1 Å². The first kappa shape index (κ1) is 24.3. The lowest BCUT2D eigenvalue weighted by atomic mass is 10.1. The van der Waals surface area contributed by atoms with Crippen molar-refractivity contribution < 1.29 is 18.9 Å². The van der Waals surface area contributed by atoms with E-state index in [4.69, 9.17) is 28.2 Å². The molecule has 1 aliphatic heterocycles. The Hall–Kier alpha value is -3.82. The Labute approximate surface area is 211 Å². The summed E-state index contributed by atoms with van der Waals surface area (Å²) in [6.07, 6.45) is 4.39. The van der Waals surface area contributed by atoms with Crippen molar-refractivity contribution in [2.75, 3.05) is 4.90 Å². The van der Waals surface area contributed by atoms with Crippen molar-refractivity contribution in [1.82, 2.24) is 5.32 Å². The van der Waals surface area contributed by atoms with Gasteiger partial charge in [-0.2, -0.15) is 0 Å². The van der Waals surface area contributed by atoms with Crippen LogP contribution in [0.1, 0.15) is 31.1 Å². The monoisotopic (exact) mass is 509 g/mol. The number of thiocarbonyl (C=S) groups is 1. The zero-order chi connectivity index (χ0) is 25.1. The maximum atomic E-state index is 13.2. The van der Waals surface area contributed by atoms with Crippen LogP contribution in [-0.2, 0) is 16.0 Å². The van der Waals surface area contributed by atoms with Crippen LogP contribution in [0.25, 0.3) is 17.4 Å². The smallest absolute Gasteiger partial charge is 0.270 e. The average molecular weight is 510 g/mol. The van der Waals surface area contributed by atoms with Gasteiger partial charge in [0.15, 0.2) is 5.11 Å². The van der Waals surface area contributed by atoms with Crippen molar-refractivity contribution in [3.05, 3.63) is 86.6 Å². The number of anilines is 1. The summed E-state index contributed by atoms with van der Waals surface area (Å²) in [7, 11) is 0. The van der Waals surface area contributed by atoms with Gasteiger partial charge in [-0.1, -0.05) is 37.1 Å². The van der Waals surface area contributed by atoms with E-state index in [9.17, 15) is 19.7 Å². The van der Waals surface area contributed by atoms with Gasteiger partial charge in [0.05, 0.1) is 15.6 Å². The summed E-state index contributed by atoms with van der Waals surface area (Å²) in [6, 6.07) is 14.5. The second-order valence-electron chi connectivity index (χ2n) is 7.85. The number of nitro benzene ring substituents is 1. The average Bonchev–Trinajstić information content (AvgIpc) is 3.29. The first-order valence-electron chi connectivity index (χ1n) is 10.8. The highest BCUT2D eigenvalue weighted by Crippen LogP contribution is 2.33. The molecule has 1 aliphatic rings. The summed E-state index contributed by atoms with van der Waals surface area (Å²) in [5.74, 6) is -0.790. The van der Waals surface area contributed by atoms with Gasteiger partial charge in [-0.15, -0.1) is 0 Å². The van der Waals surface area contributed by atoms with Gasteiger partial charge in [0, 0.05) is 17.7 Å². The first-order chi connectivity index (χ1) is 16.8. The Kier molecular flexibility index (Phi) is 7.09. The van der Waals surface area contributed by atoms with E-state index in [2.05, 4.69) is 12.2 Å². The van der Waals surface area contributed by atoms with Crippen LogP contribution in [0.15, 0.2) is 64.6 Å². The summed E-state index contributed by atoms with van der Waals surface area (Å²) >= 11 is 11.4. The highest BCUT2D eigenvalue weighted by Gasteiger charge is 2.34. The molecule has 2 aromatic carbocycles. The third kappa shape index (κ3) is 5.16. The fourth-order valence-electron chi connectivity index (χ4n) is 3.62. The Bertz CT molecular complexity index is 1360. The lowest BCUT2D eigenvalue weighted by Gasteiger charge is -2.28. The molecule has 0 saturated carbocycles. The largest absolute Gasteiger partial charge is 0.457 e. The van der Waals surface area contributed by atoms with Gasteiger partial charge in [-0.3, -0.25) is 29.9 Å². The number of benzene rings is 2. The van der Waals surface area contributed by atoms with E-state index < -0.39 is 16.7 Å². The number of hydrogen-bond donors (Lipinski definition) is 1. The molecule has 178 valence electrons. The Morgan fingerprint density at radius 1 is 1.14 bits per heavy atom. The SMILES string of the molecule is CCCCc1ccc(N2C(=O)/C(=C/c3ccc(-c4cc([N+](=O)[O-])ccc4Cl)o3)C(=O)NC2=S)cc1. The number of unbranched alkanes of at least 4 members (excludes halogenated alkanes) is 1. The zero-order valence-electron chi connectivity index (χ0n) is 18.6. The van der Waals surface area contributed by atoms with Crippen molar-refractivity contribution >= 4 is 58.2 Å². The first-order valence-corrected chi connectivity index (χ1v) is 11.6. The molecule has 8 nitrogen and oxygen atoms in total. The minimum Gasteiger partial charge on any atom is -0.457 e. The van der Waals surface area contributed by atoms with Crippen LogP contribution >= 0.6 is 23.8 Å². The molecule has 0 unspecified atom stereocenters. The number of carbonyl (C=O) groups excluding carboxylic acids is 2. The highest BCUT2D eigenvalue weighted by molar-refractivity contribution is 7.80. The summed E-state index contributed by atoms with van der Waals surface area (Å²) in [5.41, 5.74) is 1.69. The number of rotatable bonds is 7. The van der Waals surface area contributed by atoms with Gasteiger partial charge in [-0.25, -0.2) is 0 Å². The minimum absolute atomic E-state index is 0.0121. The molecule has 0 bridgehead atoms. The van der Waals surface area contributed by atoms with E-state index in [-0.39, 0.29) is 32.9 Å². The fourth-order valence-corrected chi connectivity index (χ4v) is 4.11. The number of non-ortho nitro benzene ring substituents is 1. The van der Waals surface area contributed by atoms with Crippen molar-refractivity contribution in [2.24, 2.45) is 0 Å². The van der Waals surface area contributed by atoms with Crippen molar-refractivity contribution in [1.29, 1.82) is 0 Å². The molecule has 2 amide bonds. The van der Waals surface area contributed by atoms with Crippen LogP contribution in [0.3, 0.4) is 0 Å². The second-order valence-corrected chi connectivity index (χ2v) is 8.65. The molecule has 35 heavy (non-hydrogen) atoms. The summed E-state index contributed by atoms with van der Waals surface area (Å²) < 4.78 is 5.74. The van der Waals surface area contributed by atoms with Gasteiger partial charge >= 0.3 is 0 Å². The standard InChI is InChI=1S/C25H20ClN3O5S/c1-2-3-4-15-5-7-16(8-6-15)28-24(31)20(23(30)27-25(28)35)14-18-10-12-22(34-18)19-13-17(29(32)33)9-11-21(19)26/h5-14H,2-4H2,1H3,(H,27,30,35)/b20-14+. The maximum absolute atomic E-state index is 13.2. The number of nitro groups is 1. The van der Waals surface area contributed by atoms with E-state index in [1.54, 1.807) is 18.2 Å². The third-order valence-electron chi connectivity index (χ3n) is 5.45. The minimum atomic E-state index is -0.651. The predicted octanol–water partition coefficient (Wildman–Crippen LogP) is 5.68. The molecule has 0 aliphatic carbocycles. The molecule has 1 aromatic heterocycles. The zero-order valence-corrected chi connectivity index (χ0v) is 20.2. The van der Waals surface area contributed by atoms with E-state index in [1.165, 1.54) is 35.2 Å². The number of nitrogens with one attached hydrogen (secondary N) is 1. The third-order valence-corrected chi connectivity index (χ3v) is 6.07. The quantitative estimate of drug-likeness (QED) is 0.144. The molecule has 0 radical (unpaired) electrons. The van der Waals surface area contributed by atoms with Gasteiger partial charge in [0.2, 0.25) is 0 Å². The molecule has 1 saturated heterocycles. The van der Waals surface area contributed by atoms with Crippen LogP contribution in [0.4, 0.5) is 11.4 Å². The summed E-state index contributed by atoms with van der Waals surface area (Å²) in [6.45, 7) is 2.12. The van der Waals surface area contributed by atoms with Gasteiger partial charge in [0.25, 0.3) is 17.5 Å². The van der Waals surface area contributed by atoms with E-state index in [0.29, 0.717) is 11.3 Å². The predicted molar refractivity (Wildman–Crippen MR) is 137 cm³/mol. The summed E-state index contributed by atoms with van der Waals surface area (Å²) in [4.78, 5) is 37.6. The molecular formula is C25H20ClN3O5S. The molecule has 0 spiro atoms. The molecule has 1 fully saturated rings. The highest BCUT2D eigenvalue weighted by atomic mass is 35.5. The van der Waals surface area contributed by atoms with Crippen LogP contribution in [-0.4, -0.2) is 21.9 Å². The molecule has 4 rings (SSSR count). The number of halogens is 1. The number of amides is 2. The number of furan rings is 1. The van der Waals surface area contributed by atoms with E-state index in [0.717, 1.165) is 24.8 Å². The number of carbonyl (C=O) groups is 2. The van der Waals surface area contributed by atoms with E-state index >= 15 is 0 Å². The molecule has 10 heteroatoms. The van der Waals surface area contributed by atoms with Crippen LogP contribution in [0.5, 0.6) is 0 Å². The normalized spacial score (nSPS) is 15.0. The number of aryl methyl sites for hydroxylation is 1. The Morgan fingerprint density at radius 3 is 2.57 bits per heavy atom. The fraction of sp³-hybridized carbons (Fsp3) is 0.160. The van der Waals surface area contributed by atoms with Crippen LogP contribution in [0.2, 0.25) is 5.02 Å². The van der Waals surface area contributed by atoms with Crippen LogP contribution < -0.4 is 10.2 Å². The molecular weight excluding hydrogens is 490 g/mol. The summed E-state index contributed by atoms with van der Waals surface area (Å²) in [5, 5.41) is 13.9. The van der Waals surface area contributed by atoms with Gasteiger partial charge in [-0.05, 0) is 67.0 Å².